The molecule has 1 saturated heterocycles. The number of rotatable bonds is 21. The Morgan fingerprint density at radius 2 is 1.44 bits per heavy atom. The third kappa shape index (κ3) is 14.2. The summed E-state index contributed by atoms with van der Waals surface area (Å²) in [6.07, 6.45) is 19.0. The van der Waals surface area contributed by atoms with Gasteiger partial charge in [0.05, 0.1) is 0 Å². The number of hydrogen-bond donors (Lipinski definition) is 3. The van der Waals surface area contributed by atoms with Gasteiger partial charge in [-0.1, -0.05) is 97.8 Å². The van der Waals surface area contributed by atoms with Crippen LogP contribution in [0.1, 0.15) is 130 Å². The zero-order valence-corrected chi connectivity index (χ0v) is 23.6. The summed E-state index contributed by atoms with van der Waals surface area (Å²) in [7, 11) is 0. The van der Waals surface area contributed by atoms with Gasteiger partial charge in [0.2, 0.25) is 17.7 Å². The largest absolute Gasteiger partial charge is 0.353 e. The summed E-state index contributed by atoms with van der Waals surface area (Å²) in [5, 5.41) is 5.79. The molecule has 0 radical (unpaired) electrons. The molecular weight excluding hydrogens is 452 g/mol. The average Bonchev–Trinajstić information content (AvgIpc) is 3.34. The van der Waals surface area contributed by atoms with E-state index in [0.717, 1.165) is 19.3 Å². The van der Waals surface area contributed by atoms with E-state index in [-0.39, 0.29) is 23.6 Å². The molecule has 0 aromatic rings. The van der Waals surface area contributed by atoms with Crippen LogP contribution in [-0.2, 0) is 14.4 Å². The summed E-state index contributed by atoms with van der Waals surface area (Å²) in [5.41, 5.74) is 5.49. The lowest BCUT2D eigenvalue weighted by molar-refractivity contribution is -0.141. The van der Waals surface area contributed by atoms with Gasteiger partial charge in [0, 0.05) is 26.1 Å². The van der Waals surface area contributed by atoms with Crippen molar-refractivity contribution in [2.75, 3.05) is 19.6 Å². The van der Waals surface area contributed by atoms with Gasteiger partial charge < -0.3 is 21.3 Å². The van der Waals surface area contributed by atoms with Crippen LogP contribution >= 0.6 is 0 Å². The second-order valence-electron chi connectivity index (χ2n) is 11.0. The van der Waals surface area contributed by atoms with Crippen molar-refractivity contribution < 1.29 is 14.4 Å². The fourth-order valence-electron chi connectivity index (χ4n) is 5.08. The van der Waals surface area contributed by atoms with Crippen molar-refractivity contribution in [3.05, 3.63) is 0 Å². The first-order valence-electron chi connectivity index (χ1n) is 15.0. The van der Waals surface area contributed by atoms with Gasteiger partial charge in [0.15, 0.2) is 0 Å². The van der Waals surface area contributed by atoms with E-state index < -0.39 is 12.1 Å². The topological polar surface area (TPSA) is 105 Å². The average molecular weight is 509 g/mol. The number of likely N-dealkylation sites (tertiary alicyclic amines) is 1. The van der Waals surface area contributed by atoms with Crippen molar-refractivity contribution >= 4 is 17.7 Å². The number of nitrogens with one attached hydrogen (secondary N) is 2. The predicted molar refractivity (Wildman–Crippen MR) is 148 cm³/mol. The lowest BCUT2D eigenvalue weighted by atomic mass is 10.0. The highest BCUT2D eigenvalue weighted by atomic mass is 16.2. The Balaban J connectivity index is 2.29. The van der Waals surface area contributed by atoms with Gasteiger partial charge in [-0.3, -0.25) is 14.4 Å². The van der Waals surface area contributed by atoms with Crippen LogP contribution in [-0.4, -0.2) is 54.3 Å². The van der Waals surface area contributed by atoms with Crippen molar-refractivity contribution in [2.45, 2.75) is 142 Å². The van der Waals surface area contributed by atoms with Crippen LogP contribution in [0, 0.1) is 5.92 Å². The number of nitrogens with zero attached hydrogens (tertiary/aromatic N) is 1. The van der Waals surface area contributed by atoms with E-state index in [2.05, 4.69) is 17.6 Å². The number of amides is 3. The van der Waals surface area contributed by atoms with E-state index in [0.29, 0.717) is 38.9 Å². The van der Waals surface area contributed by atoms with Gasteiger partial charge >= 0.3 is 0 Å². The van der Waals surface area contributed by atoms with Gasteiger partial charge in [-0.25, -0.2) is 0 Å². The van der Waals surface area contributed by atoms with Gasteiger partial charge in [-0.2, -0.15) is 0 Å². The molecule has 0 saturated carbocycles. The fraction of sp³-hybridized carbons (Fsp3) is 0.897. The minimum absolute atomic E-state index is 0.0552. The fourth-order valence-corrected chi connectivity index (χ4v) is 5.08. The zero-order valence-electron chi connectivity index (χ0n) is 23.6. The highest BCUT2D eigenvalue weighted by molar-refractivity contribution is 5.92. The van der Waals surface area contributed by atoms with Crippen molar-refractivity contribution in [3.63, 3.8) is 0 Å². The van der Waals surface area contributed by atoms with E-state index in [1.54, 1.807) is 4.90 Å². The minimum Gasteiger partial charge on any atom is -0.353 e. The Hall–Kier alpha value is -1.63. The monoisotopic (exact) mass is 508 g/mol. The Bertz CT molecular complexity index is 611. The van der Waals surface area contributed by atoms with E-state index >= 15 is 0 Å². The second kappa shape index (κ2) is 20.4. The molecule has 7 nitrogen and oxygen atoms in total. The van der Waals surface area contributed by atoms with Gasteiger partial charge in [-0.15, -0.1) is 0 Å². The third-order valence-corrected chi connectivity index (χ3v) is 7.13. The van der Waals surface area contributed by atoms with E-state index in [1.807, 2.05) is 13.8 Å². The highest BCUT2D eigenvalue weighted by Crippen LogP contribution is 2.21. The van der Waals surface area contributed by atoms with Crippen LogP contribution in [0.25, 0.3) is 0 Å². The third-order valence-electron chi connectivity index (χ3n) is 7.13. The lowest BCUT2D eigenvalue weighted by Crippen LogP contribution is -2.54. The predicted octanol–water partition coefficient (Wildman–Crippen LogP) is 5.06. The summed E-state index contributed by atoms with van der Waals surface area (Å²) in [5.74, 6) is -0.0659. The summed E-state index contributed by atoms with van der Waals surface area (Å²) in [6, 6.07) is -1.03. The van der Waals surface area contributed by atoms with E-state index in [4.69, 9.17) is 5.73 Å². The van der Waals surface area contributed by atoms with Crippen LogP contribution in [0.4, 0.5) is 0 Å². The number of hydrogen-bond acceptors (Lipinski definition) is 4. The molecule has 1 heterocycles. The molecular formula is C29H56N4O3. The standard InChI is InChI=1S/C29H56N4O3/c1-4-5-6-7-8-9-10-11-12-13-14-15-16-19-27(34)32-25(23-24(2)3)29(36)33-22-17-18-26(33)28(35)31-21-20-30/h24-26H,4-23,30H2,1-3H3,(H,31,35)(H,32,34). The second-order valence-corrected chi connectivity index (χ2v) is 11.0. The SMILES string of the molecule is CCCCCCCCCCCCCCCC(=O)NC(CC(C)C)C(=O)N1CCCC1C(=O)NCCN. The van der Waals surface area contributed by atoms with Crippen LogP contribution in [0.3, 0.4) is 0 Å². The normalized spacial score (nSPS) is 16.4. The Labute approximate surface area is 221 Å². The van der Waals surface area contributed by atoms with Crippen molar-refractivity contribution in [1.29, 1.82) is 0 Å². The maximum absolute atomic E-state index is 13.3. The molecule has 0 aliphatic carbocycles. The molecule has 2 unspecified atom stereocenters. The zero-order chi connectivity index (χ0) is 26.6. The van der Waals surface area contributed by atoms with Gasteiger partial charge in [0.25, 0.3) is 0 Å². The van der Waals surface area contributed by atoms with Crippen molar-refractivity contribution in [1.82, 2.24) is 15.5 Å². The summed E-state index contributed by atoms with van der Waals surface area (Å²) < 4.78 is 0. The number of carbonyl (C=O) groups excluding carboxylic acids is 3. The van der Waals surface area contributed by atoms with E-state index in [1.165, 1.54) is 70.6 Å². The van der Waals surface area contributed by atoms with Crippen LogP contribution in [0.2, 0.25) is 0 Å². The number of nitrogens with two attached hydrogens (primary N) is 1. The first-order chi connectivity index (χ1) is 17.4. The Morgan fingerprint density at radius 3 is 1.97 bits per heavy atom. The minimum atomic E-state index is -0.567. The molecule has 0 spiro atoms. The molecule has 3 amide bonds. The first kappa shape index (κ1) is 32.4. The quantitative estimate of drug-likeness (QED) is 0.188. The molecule has 210 valence electrons. The molecule has 4 N–H and O–H groups in total. The van der Waals surface area contributed by atoms with Crippen LogP contribution < -0.4 is 16.4 Å². The first-order valence-corrected chi connectivity index (χ1v) is 15.0. The Kier molecular flexibility index (Phi) is 18.4. The van der Waals surface area contributed by atoms with Gasteiger partial charge in [-0.05, 0) is 31.6 Å². The summed E-state index contributed by atoms with van der Waals surface area (Å²) in [6.45, 7) is 7.70. The smallest absolute Gasteiger partial charge is 0.245 e. The lowest BCUT2D eigenvalue weighted by Gasteiger charge is -2.29. The van der Waals surface area contributed by atoms with E-state index in [9.17, 15) is 14.4 Å². The molecule has 0 aromatic heterocycles. The van der Waals surface area contributed by atoms with Crippen LogP contribution in [0.15, 0.2) is 0 Å². The number of unbranched alkanes of at least 4 members (excludes halogenated alkanes) is 12. The summed E-state index contributed by atoms with van der Waals surface area (Å²) in [4.78, 5) is 40.1. The van der Waals surface area contributed by atoms with Crippen LogP contribution in [0.5, 0.6) is 0 Å². The highest BCUT2D eigenvalue weighted by Gasteiger charge is 2.37. The van der Waals surface area contributed by atoms with Crippen molar-refractivity contribution in [3.8, 4) is 0 Å². The molecule has 1 aliphatic heterocycles. The summed E-state index contributed by atoms with van der Waals surface area (Å²) >= 11 is 0. The molecule has 1 rings (SSSR count). The molecule has 7 heteroatoms. The number of carbonyl (C=O) groups is 3. The maximum atomic E-state index is 13.3. The molecule has 36 heavy (non-hydrogen) atoms. The molecule has 2 atom stereocenters. The molecule has 1 aliphatic rings. The molecule has 0 aromatic carbocycles. The Morgan fingerprint density at radius 1 is 0.889 bits per heavy atom. The van der Waals surface area contributed by atoms with Crippen molar-refractivity contribution in [2.24, 2.45) is 11.7 Å². The molecule has 0 bridgehead atoms. The molecule has 1 fully saturated rings. The van der Waals surface area contributed by atoms with Gasteiger partial charge in [0.1, 0.15) is 12.1 Å². The maximum Gasteiger partial charge on any atom is 0.245 e.